The Morgan fingerprint density at radius 1 is 1.23 bits per heavy atom. The Labute approximate surface area is 156 Å². The normalized spacial score (nSPS) is 10.8. The van der Waals surface area contributed by atoms with Crippen molar-refractivity contribution in [2.75, 3.05) is 12.4 Å². The third-order valence-electron chi connectivity index (χ3n) is 2.75. The van der Waals surface area contributed by atoms with Crippen molar-refractivity contribution in [1.29, 1.82) is 0 Å². The van der Waals surface area contributed by atoms with Crippen molar-refractivity contribution >= 4 is 58.8 Å². The topological polar surface area (TPSA) is 59.6 Å². The van der Waals surface area contributed by atoms with Crippen LogP contribution in [0.3, 0.4) is 0 Å². The van der Waals surface area contributed by atoms with E-state index in [1.54, 1.807) is 19.2 Å². The molecule has 2 aromatic carbocycles. The molecule has 0 saturated heterocycles. The zero-order chi connectivity index (χ0) is 15.2. The minimum atomic E-state index is 0. The summed E-state index contributed by atoms with van der Waals surface area (Å²) < 4.78 is 5.09. The van der Waals surface area contributed by atoms with Crippen molar-refractivity contribution in [1.82, 2.24) is 0 Å². The van der Waals surface area contributed by atoms with Gasteiger partial charge in [-0.15, -0.1) is 24.0 Å². The number of anilines is 1. The van der Waals surface area contributed by atoms with Crippen LogP contribution in [-0.2, 0) is 6.54 Å². The maximum Gasteiger partial charge on any atom is 0.193 e. The lowest BCUT2D eigenvalue weighted by Crippen LogP contribution is -2.22. The van der Waals surface area contributed by atoms with Gasteiger partial charge in [0.2, 0.25) is 0 Å². The summed E-state index contributed by atoms with van der Waals surface area (Å²) in [6.45, 7) is 0.448. The van der Waals surface area contributed by atoms with E-state index in [2.05, 4.69) is 10.3 Å². The molecule has 0 fully saturated rings. The Balaban J connectivity index is 0.00000242. The second kappa shape index (κ2) is 9.07. The second-order valence-electron chi connectivity index (χ2n) is 4.31. The zero-order valence-corrected chi connectivity index (χ0v) is 15.7. The molecule has 0 aliphatic rings. The van der Waals surface area contributed by atoms with Gasteiger partial charge in [0.1, 0.15) is 5.75 Å². The van der Waals surface area contributed by atoms with Crippen molar-refractivity contribution in [2.24, 2.45) is 10.7 Å². The highest BCUT2D eigenvalue weighted by Crippen LogP contribution is 2.27. The minimum absolute atomic E-state index is 0. The average molecular weight is 452 g/mol. The van der Waals surface area contributed by atoms with Crippen LogP contribution in [0, 0.1) is 0 Å². The van der Waals surface area contributed by atoms with E-state index in [9.17, 15) is 0 Å². The van der Waals surface area contributed by atoms with E-state index in [0.717, 1.165) is 11.3 Å². The van der Waals surface area contributed by atoms with E-state index >= 15 is 0 Å². The van der Waals surface area contributed by atoms with E-state index in [-0.39, 0.29) is 24.0 Å². The molecule has 0 aliphatic carbocycles. The molecule has 0 bridgehead atoms. The van der Waals surface area contributed by atoms with Crippen molar-refractivity contribution in [3.63, 3.8) is 0 Å². The molecule has 0 atom stereocenters. The highest BCUT2D eigenvalue weighted by molar-refractivity contribution is 14.0. The number of nitrogens with two attached hydrogens (primary N) is 1. The fourth-order valence-corrected chi connectivity index (χ4v) is 2.21. The zero-order valence-electron chi connectivity index (χ0n) is 11.8. The smallest absolute Gasteiger partial charge is 0.193 e. The number of hydrogen-bond acceptors (Lipinski definition) is 2. The first kappa shape index (κ1) is 18.9. The van der Waals surface area contributed by atoms with Crippen LogP contribution in [0.5, 0.6) is 5.75 Å². The number of nitrogens with one attached hydrogen (secondary N) is 1. The Bertz CT molecular complexity index is 665. The van der Waals surface area contributed by atoms with Gasteiger partial charge >= 0.3 is 0 Å². The van der Waals surface area contributed by atoms with Gasteiger partial charge in [0, 0.05) is 10.7 Å². The van der Waals surface area contributed by atoms with Crippen LogP contribution < -0.4 is 15.8 Å². The molecular formula is C15H16Cl2IN3O. The Kier molecular flexibility index (Phi) is 7.78. The minimum Gasteiger partial charge on any atom is -0.495 e. The largest absolute Gasteiger partial charge is 0.495 e. The molecule has 0 amide bonds. The summed E-state index contributed by atoms with van der Waals surface area (Å²) in [4.78, 5) is 4.25. The highest BCUT2D eigenvalue weighted by Gasteiger charge is 2.02. The monoisotopic (exact) mass is 451 g/mol. The molecule has 7 heteroatoms. The quantitative estimate of drug-likeness (QED) is 0.407. The molecular weight excluding hydrogens is 436 g/mol. The summed E-state index contributed by atoms with van der Waals surface area (Å²) in [5, 5.41) is 4.16. The summed E-state index contributed by atoms with van der Waals surface area (Å²) in [5.41, 5.74) is 7.57. The molecule has 0 unspecified atom stereocenters. The molecule has 2 aromatic rings. The lowest BCUT2D eigenvalue weighted by atomic mass is 10.2. The maximum absolute atomic E-state index is 6.04. The Morgan fingerprint density at radius 2 is 2.00 bits per heavy atom. The van der Waals surface area contributed by atoms with Crippen LogP contribution in [0.1, 0.15) is 5.56 Å². The van der Waals surface area contributed by atoms with E-state index in [4.69, 9.17) is 33.7 Å². The highest BCUT2D eigenvalue weighted by atomic mass is 127. The predicted octanol–water partition coefficient (Wildman–Crippen LogP) is 4.55. The molecule has 0 aliphatic heterocycles. The van der Waals surface area contributed by atoms with Crippen LogP contribution in [0.2, 0.25) is 10.0 Å². The molecule has 0 radical (unpaired) electrons. The van der Waals surface area contributed by atoms with Crippen LogP contribution in [0.25, 0.3) is 0 Å². The third-order valence-corrected chi connectivity index (χ3v) is 3.28. The Morgan fingerprint density at radius 3 is 2.64 bits per heavy atom. The van der Waals surface area contributed by atoms with E-state index in [0.29, 0.717) is 28.3 Å². The number of guanidine groups is 1. The Hall–Kier alpha value is -1.18. The maximum atomic E-state index is 6.04. The molecule has 0 spiro atoms. The number of ether oxygens (including phenoxy) is 1. The lowest BCUT2D eigenvalue weighted by Gasteiger charge is -2.08. The average Bonchev–Trinajstić information content (AvgIpc) is 2.45. The van der Waals surface area contributed by atoms with Crippen molar-refractivity contribution in [3.05, 3.63) is 58.1 Å². The van der Waals surface area contributed by atoms with Crippen LogP contribution in [0.4, 0.5) is 5.69 Å². The first-order valence-electron chi connectivity index (χ1n) is 6.23. The van der Waals surface area contributed by atoms with Gasteiger partial charge in [-0.25, -0.2) is 4.99 Å². The van der Waals surface area contributed by atoms with Gasteiger partial charge in [0.05, 0.1) is 18.7 Å². The molecule has 2 rings (SSSR count). The fraction of sp³-hybridized carbons (Fsp3) is 0.133. The van der Waals surface area contributed by atoms with Gasteiger partial charge in [-0.1, -0.05) is 35.3 Å². The summed E-state index contributed by atoms with van der Waals surface area (Å²) in [5.74, 6) is 0.910. The molecule has 0 heterocycles. The van der Waals surface area contributed by atoms with Crippen molar-refractivity contribution < 1.29 is 4.74 Å². The first-order valence-corrected chi connectivity index (χ1v) is 6.99. The van der Waals surface area contributed by atoms with E-state index in [1.165, 1.54) is 0 Å². The van der Waals surface area contributed by atoms with Gasteiger partial charge in [-0.2, -0.15) is 0 Å². The fourth-order valence-electron chi connectivity index (χ4n) is 1.74. The standard InChI is InChI=1S/C15H15Cl2N3O.HI/c1-21-14-6-5-12(8-13(14)17)20-15(18)19-9-10-3-2-4-11(16)7-10;/h2-8H,9H2,1H3,(H3,18,19,20);1H. The second-order valence-corrected chi connectivity index (χ2v) is 5.15. The molecule has 4 nitrogen and oxygen atoms in total. The SMILES string of the molecule is COc1ccc(NC(N)=NCc2cccc(Cl)c2)cc1Cl.I. The van der Waals surface area contributed by atoms with Crippen LogP contribution in [0.15, 0.2) is 47.5 Å². The molecule has 0 saturated carbocycles. The van der Waals surface area contributed by atoms with Gasteiger partial charge in [-0.05, 0) is 35.9 Å². The number of rotatable bonds is 4. The van der Waals surface area contributed by atoms with Crippen molar-refractivity contribution in [3.8, 4) is 5.75 Å². The molecule has 3 N–H and O–H groups in total. The van der Waals surface area contributed by atoms with Gasteiger partial charge < -0.3 is 15.8 Å². The molecule has 118 valence electrons. The van der Waals surface area contributed by atoms with Crippen LogP contribution >= 0.6 is 47.2 Å². The summed E-state index contributed by atoms with van der Waals surface area (Å²) in [7, 11) is 1.56. The van der Waals surface area contributed by atoms with Crippen molar-refractivity contribution in [2.45, 2.75) is 6.54 Å². The lowest BCUT2D eigenvalue weighted by molar-refractivity contribution is 0.415. The molecule has 0 aromatic heterocycles. The first-order chi connectivity index (χ1) is 10.1. The summed E-state index contributed by atoms with van der Waals surface area (Å²) in [6.07, 6.45) is 0. The van der Waals surface area contributed by atoms with Crippen LogP contribution in [-0.4, -0.2) is 13.1 Å². The summed E-state index contributed by atoms with van der Waals surface area (Å²) >= 11 is 12.0. The van der Waals surface area contributed by atoms with Gasteiger partial charge in [0.15, 0.2) is 5.96 Å². The molecule has 22 heavy (non-hydrogen) atoms. The van der Waals surface area contributed by atoms with Gasteiger partial charge in [-0.3, -0.25) is 0 Å². The number of aliphatic imine (C=N–C) groups is 1. The van der Waals surface area contributed by atoms with Gasteiger partial charge in [0.25, 0.3) is 0 Å². The van der Waals surface area contributed by atoms with E-state index in [1.807, 2.05) is 30.3 Å². The number of benzene rings is 2. The number of halogens is 3. The van der Waals surface area contributed by atoms with E-state index < -0.39 is 0 Å². The number of nitrogens with zero attached hydrogens (tertiary/aromatic N) is 1. The third kappa shape index (κ3) is 5.55. The number of methoxy groups -OCH3 is 1. The predicted molar refractivity (Wildman–Crippen MR) is 104 cm³/mol. The summed E-state index contributed by atoms with van der Waals surface area (Å²) in [6, 6.07) is 12.8. The number of hydrogen-bond donors (Lipinski definition) is 2.